The van der Waals surface area contributed by atoms with Crippen molar-refractivity contribution < 1.29 is 4.39 Å². The van der Waals surface area contributed by atoms with Crippen LogP contribution in [-0.4, -0.2) is 9.78 Å². The Hall–Kier alpha value is -1.67. The zero-order valence-electron chi connectivity index (χ0n) is 8.19. The normalized spacial score (nSPS) is 10.1. The molecule has 3 nitrogen and oxygen atoms in total. The van der Waals surface area contributed by atoms with Gasteiger partial charge >= 0.3 is 0 Å². The Bertz CT molecular complexity index is 557. The molecule has 0 aliphatic carbocycles. The minimum Gasteiger partial charge on any atom is -0.241 e. The van der Waals surface area contributed by atoms with Crippen LogP contribution in [0.2, 0.25) is 0 Å². The van der Waals surface area contributed by atoms with E-state index in [1.807, 2.05) is 6.07 Å². The van der Waals surface area contributed by atoms with E-state index in [1.54, 1.807) is 29.2 Å². The molecule has 1 aromatic carbocycles. The van der Waals surface area contributed by atoms with Crippen molar-refractivity contribution in [3.05, 3.63) is 46.4 Å². The van der Waals surface area contributed by atoms with Gasteiger partial charge in [-0.1, -0.05) is 0 Å². The molecular formula is C11H7BrFN3. The van der Waals surface area contributed by atoms with Gasteiger partial charge in [0.05, 0.1) is 28.8 Å². The van der Waals surface area contributed by atoms with E-state index in [9.17, 15) is 4.39 Å². The van der Waals surface area contributed by atoms with Gasteiger partial charge < -0.3 is 0 Å². The molecular weight excluding hydrogens is 273 g/mol. The zero-order chi connectivity index (χ0) is 11.5. The van der Waals surface area contributed by atoms with Crippen LogP contribution < -0.4 is 0 Å². The van der Waals surface area contributed by atoms with Gasteiger partial charge in [-0.05, 0) is 34.1 Å². The molecule has 1 heterocycles. The third-order valence-electron chi connectivity index (χ3n) is 2.09. The highest BCUT2D eigenvalue weighted by Crippen LogP contribution is 2.19. The summed E-state index contributed by atoms with van der Waals surface area (Å²) in [5.74, 6) is -0.312. The van der Waals surface area contributed by atoms with E-state index in [0.29, 0.717) is 10.9 Å². The summed E-state index contributed by atoms with van der Waals surface area (Å²) < 4.78 is 15.0. The standard InChI is InChI=1S/C11H7BrFN3/c12-10-5-9(1-2-11(10)13)16-7-8(3-4-14)6-15-16/h1-2,5-7H,3H2. The van der Waals surface area contributed by atoms with Crippen molar-refractivity contribution >= 4 is 15.9 Å². The van der Waals surface area contributed by atoms with Crippen molar-refractivity contribution in [2.24, 2.45) is 0 Å². The van der Waals surface area contributed by atoms with Crippen molar-refractivity contribution in [1.29, 1.82) is 5.26 Å². The second kappa shape index (κ2) is 4.45. The smallest absolute Gasteiger partial charge is 0.137 e. The fraction of sp³-hybridized carbons (Fsp3) is 0.0909. The molecule has 0 bridgehead atoms. The summed E-state index contributed by atoms with van der Waals surface area (Å²) in [5, 5.41) is 12.6. The largest absolute Gasteiger partial charge is 0.241 e. The van der Waals surface area contributed by atoms with Crippen molar-refractivity contribution in [3.8, 4) is 11.8 Å². The van der Waals surface area contributed by atoms with Gasteiger partial charge in [-0.25, -0.2) is 9.07 Å². The first-order valence-corrected chi connectivity index (χ1v) is 5.36. The molecule has 0 radical (unpaired) electrons. The molecule has 0 aliphatic rings. The summed E-state index contributed by atoms with van der Waals surface area (Å²) in [7, 11) is 0. The third-order valence-corrected chi connectivity index (χ3v) is 2.69. The van der Waals surface area contributed by atoms with Crippen LogP contribution in [0.15, 0.2) is 35.1 Å². The Morgan fingerprint density at radius 2 is 2.31 bits per heavy atom. The van der Waals surface area contributed by atoms with Gasteiger partial charge in [0.25, 0.3) is 0 Å². The van der Waals surface area contributed by atoms with Crippen molar-refractivity contribution in [2.75, 3.05) is 0 Å². The predicted octanol–water partition coefficient (Wildman–Crippen LogP) is 2.84. The first-order valence-electron chi connectivity index (χ1n) is 4.56. The molecule has 0 saturated heterocycles. The molecule has 0 fully saturated rings. The quantitative estimate of drug-likeness (QED) is 0.848. The van der Waals surface area contributed by atoms with Crippen LogP contribution in [0.5, 0.6) is 0 Å². The first-order chi connectivity index (χ1) is 7.70. The highest BCUT2D eigenvalue weighted by atomic mass is 79.9. The van der Waals surface area contributed by atoms with Gasteiger partial charge in [-0.2, -0.15) is 10.4 Å². The van der Waals surface area contributed by atoms with Gasteiger partial charge in [-0.3, -0.25) is 0 Å². The molecule has 0 unspecified atom stereocenters. The maximum absolute atomic E-state index is 13.0. The Morgan fingerprint density at radius 3 is 3.00 bits per heavy atom. The molecule has 0 aliphatic heterocycles. The van der Waals surface area contributed by atoms with E-state index in [2.05, 4.69) is 21.0 Å². The molecule has 0 spiro atoms. The molecule has 2 aromatic rings. The number of nitriles is 1. The fourth-order valence-electron chi connectivity index (χ4n) is 1.31. The molecule has 0 saturated carbocycles. The highest BCUT2D eigenvalue weighted by molar-refractivity contribution is 9.10. The van der Waals surface area contributed by atoms with Gasteiger partial charge in [0.15, 0.2) is 0 Å². The van der Waals surface area contributed by atoms with Crippen LogP contribution in [0, 0.1) is 17.1 Å². The van der Waals surface area contributed by atoms with E-state index >= 15 is 0 Å². The van der Waals surface area contributed by atoms with E-state index in [1.165, 1.54) is 6.07 Å². The number of hydrogen-bond donors (Lipinski definition) is 0. The van der Waals surface area contributed by atoms with Crippen molar-refractivity contribution in [2.45, 2.75) is 6.42 Å². The Morgan fingerprint density at radius 1 is 1.50 bits per heavy atom. The Kier molecular flexibility index (Phi) is 3.02. The molecule has 80 valence electrons. The van der Waals surface area contributed by atoms with Crippen LogP contribution in [0.3, 0.4) is 0 Å². The van der Waals surface area contributed by atoms with Crippen molar-refractivity contribution in [3.63, 3.8) is 0 Å². The average molecular weight is 280 g/mol. The Labute approximate surface area is 100 Å². The number of benzene rings is 1. The summed E-state index contributed by atoms with van der Waals surface area (Å²) in [4.78, 5) is 0. The maximum Gasteiger partial charge on any atom is 0.137 e. The van der Waals surface area contributed by atoms with Crippen LogP contribution in [0.25, 0.3) is 5.69 Å². The van der Waals surface area contributed by atoms with Crippen molar-refractivity contribution in [1.82, 2.24) is 9.78 Å². The van der Waals surface area contributed by atoms with Gasteiger partial charge in [0.2, 0.25) is 0 Å². The van der Waals surface area contributed by atoms with Crippen LogP contribution >= 0.6 is 15.9 Å². The molecule has 2 rings (SSSR count). The van der Waals surface area contributed by atoms with Gasteiger partial charge in [-0.15, -0.1) is 0 Å². The van der Waals surface area contributed by atoms with Crippen LogP contribution in [0.4, 0.5) is 4.39 Å². The van der Waals surface area contributed by atoms with E-state index in [-0.39, 0.29) is 5.82 Å². The summed E-state index contributed by atoms with van der Waals surface area (Å²) in [6.07, 6.45) is 3.70. The minimum absolute atomic E-state index is 0.312. The molecule has 0 N–H and O–H groups in total. The van der Waals surface area contributed by atoms with E-state index < -0.39 is 0 Å². The lowest BCUT2D eigenvalue weighted by atomic mass is 10.3. The first kappa shape index (κ1) is 10.8. The second-order valence-corrected chi connectivity index (χ2v) is 4.08. The monoisotopic (exact) mass is 279 g/mol. The number of rotatable bonds is 2. The molecule has 1 aromatic heterocycles. The Balaban J connectivity index is 2.36. The number of hydrogen-bond acceptors (Lipinski definition) is 2. The van der Waals surface area contributed by atoms with E-state index in [4.69, 9.17) is 5.26 Å². The van der Waals surface area contributed by atoms with Crippen LogP contribution in [0.1, 0.15) is 5.56 Å². The molecule has 16 heavy (non-hydrogen) atoms. The zero-order valence-corrected chi connectivity index (χ0v) is 9.78. The lowest BCUT2D eigenvalue weighted by Gasteiger charge is -2.01. The summed E-state index contributed by atoms with van der Waals surface area (Å²) in [6.45, 7) is 0. The number of halogens is 2. The molecule has 5 heteroatoms. The average Bonchev–Trinajstić information content (AvgIpc) is 2.71. The summed E-state index contributed by atoms with van der Waals surface area (Å²) >= 11 is 3.11. The number of nitrogens with zero attached hydrogens (tertiary/aromatic N) is 3. The predicted molar refractivity (Wildman–Crippen MR) is 60.5 cm³/mol. The third kappa shape index (κ3) is 2.12. The summed E-state index contributed by atoms with van der Waals surface area (Å²) in [5.41, 5.74) is 1.58. The SMILES string of the molecule is N#CCc1cnn(-c2ccc(F)c(Br)c2)c1. The summed E-state index contributed by atoms with van der Waals surface area (Å²) in [6, 6.07) is 6.68. The second-order valence-electron chi connectivity index (χ2n) is 3.23. The molecule has 0 amide bonds. The minimum atomic E-state index is -0.312. The van der Waals surface area contributed by atoms with E-state index in [0.717, 1.165) is 11.3 Å². The van der Waals surface area contributed by atoms with Gasteiger partial charge in [0.1, 0.15) is 5.82 Å². The lowest BCUT2D eigenvalue weighted by Crippen LogP contribution is -1.94. The van der Waals surface area contributed by atoms with Crippen LogP contribution in [-0.2, 0) is 6.42 Å². The maximum atomic E-state index is 13.0. The number of aromatic nitrogens is 2. The molecule has 0 atom stereocenters. The topological polar surface area (TPSA) is 41.6 Å². The highest BCUT2D eigenvalue weighted by Gasteiger charge is 2.04. The van der Waals surface area contributed by atoms with Gasteiger partial charge in [0, 0.05) is 11.8 Å². The fourth-order valence-corrected chi connectivity index (χ4v) is 1.68. The lowest BCUT2D eigenvalue weighted by molar-refractivity contribution is 0.620.